The fourth-order valence-electron chi connectivity index (χ4n) is 4.95. The van der Waals surface area contributed by atoms with E-state index in [1.807, 2.05) is 4.90 Å². The van der Waals surface area contributed by atoms with Gasteiger partial charge in [-0.2, -0.15) is 5.10 Å². The number of hydrogen-bond donors (Lipinski definition) is 0. The lowest BCUT2D eigenvalue weighted by Gasteiger charge is -2.35. The Balaban J connectivity index is 1.31. The lowest BCUT2D eigenvalue weighted by Crippen LogP contribution is -2.47. The van der Waals surface area contributed by atoms with Gasteiger partial charge in [0.15, 0.2) is 5.69 Å². The van der Waals surface area contributed by atoms with E-state index < -0.39 is 0 Å². The number of ether oxygens (including phenoxy) is 1. The second-order valence-electron chi connectivity index (χ2n) is 8.49. The molecule has 0 atom stereocenters. The first-order valence-corrected chi connectivity index (χ1v) is 11.1. The van der Waals surface area contributed by atoms with Gasteiger partial charge >= 0.3 is 0 Å². The molecule has 3 heterocycles. The summed E-state index contributed by atoms with van der Waals surface area (Å²) in [5.41, 5.74) is 2.70. The molecular formula is C23H27FN4O3. The van der Waals surface area contributed by atoms with Crippen LogP contribution in [0.5, 0.6) is 0 Å². The molecule has 2 aromatic rings. The maximum absolute atomic E-state index is 14.4. The predicted octanol–water partition coefficient (Wildman–Crippen LogP) is 2.21. The van der Waals surface area contributed by atoms with Crippen molar-refractivity contribution < 1.29 is 18.7 Å². The monoisotopic (exact) mass is 426 g/mol. The summed E-state index contributed by atoms with van der Waals surface area (Å²) in [5.74, 6) is -0.310. The fraction of sp³-hybridized carbons (Fsp3) is 0.522. The maximum Gasteiger partial charge on any atom is 0.274 e. The number of morpholine rings is 1. The van der Waals surface area contributed by atoms with Crippen LogP contribution >= 0.6 is 0 Å². The van der Waals surface area contributed by atoms with Crippen LogP contribution in [0.25, 0.3) is 5.69 Å². The quantitative estimate of drug-likeness (QED) is 0.755. The largest absolute Gasteiger partial charge is 0.378 e. The smallest absolute Gasteiger partial charge is 0.274 e. The number of rotatable bonds is 3. The third kappa shape index (κ3) is 3.73. The summed E-state index contributed by atoms with van der Waals surface area (Å²) < 4.78 is 21.3. The number of amides is 2. The van der Waals surface area contributed by atoms with E-state index in [0.29, 0.717) is 63.6 Å². The average molecular weight is 426 g/mol. The molecule has 0 N–H and O–H groups in total. The molecule has 164 valence electrons. The number of aromatic nitrogens is 2. The Hall–Kier alpha value is -2.74. The average Bonchev–Trinajstić information content (AvgIpc) is 3.42. The Bertz CT molecular complexity index is 991. The molecule has 2 saturated heterocycles. The Morgan fingerprint density at radius 3 is 2.48 bits per heavy atom. The number of para-hydroxylation sites is 1. The standard InChI is InChI=1S/C23H27FN4O3/c24-18-5-1-2-6-20(18)28-19-7-3-4-17(19)21(25-28)23(30)26-10-8-16(9-11-26)22(29)27-12-14-31-15-13-27/h1-2,5-6,16H,3-4,7-15H2. The van der Waals surface area contributed by atoms with Crippen LogP contribution in [0.15, 0.2) is 24.3 Å². The molecule has 2 aliphatic heterocycles. The van der Waals surface area contributed by atoms with Crippen molar-refractivity contribution >= 4 is 11.8 Å². The number of carbonyl (C=O) groups excluding carboxylic acids is 2. The summed E-state index contributed by atoms with van der Waals surface area (Å²) >= 11 is 0. The number of likely N-dealkylation sites (tertiary alicyclic amines) is 1. The highest BCUT2D eigenvalue weighted by Gasteiger charge is 2.34. The van der Waals surface area contributed by atoms with E-state index >= 15 is 0 Å². The van der Waals surface area contributed by atoms with Crippen molar-refractivity contribution in [1.82, 2.24) is 19.6 Å². The van der Waals surface area contributed by atoms with E-state index in [1.165, 1.54) is 6.07 Å². The summed E-state index contributed by atoms with van der Waals surface area (Å²) in [6, 6.07) is 6.53. The first kappa shape index (κ1) is 20.2. The number of nitrogens with zero attached hydrogens (tertiary/aromatic N) is 4. The lowest BCUT2D eigenvalue weighted by atomic mass is 9.94. The normalized spacial score (nSPS) is 19.5. The van der Waals surface area contributed by atoms with Crippen LogP contribution in [0.1, 0.15) is 41.0 Å². The number of piperidine rings is 1. The minimum absolute atomic E-state index is 0.0381. The molecule has 7 nitrogen and oxygen atoms in total. The van der Waals surface area contributed by atoms with E-state index in [-0.39, 0.29) is 23.5 Å². The summed E-state index contributed by atoms with van der Waals surface area (Å²) in [4.78, 5) is 29.8. The molecule has 0 radical (unpaired) electrons. The Kier molecular flexibility index (Phi) is 5.48. The van der Waals surface area contributed by atoms with Gasteiger partial charge in [0.1, 0.15) is 11.5 Å². The molecule has 0 saturated carbocycles. The molecule has 2 amide bonds. The SMILES string of the molecule is O=C(c1nn(-c2ccccc2F)c2c1CCC2)N1CCC(C(=O)N2CCOCC2)CC1. The van der Waals surface area contributed by atoms with Crippen LogP contribution < -0.4 is 0 Å². The molecule has 1 aliphatic carbocycles. The van der Waals surface area contributed by atoms with Gasteiger partial charge < -0.3 is 14.5 Å². The molecule has 1 aromatic heterocycles. The van der Waals surface area contributed by atoms with Crippen molar-refractivity contribution in [2.24, 2.45) is 5.92 Å². The molecule has 5 rings (SSSR count). The van der Waals surface area contributed by atoms with Gasteiger partial charge in [0.2, 0.25) is 5.91 Å². The van der Waals surface area contributed by atoms with Crippen molar-refractivity contribution in [3.05, 3.63) is 47.0 Å². The first-order chi connectivity index (χ1) is 15.1. The number of halogens is 1. The lowest BCUT2D eigenvalue weighted by molar-refractivity contribution is -0.141. The third-order valence-corrected chi connectivity index (χ3v) is 6.67. The van der Waals surface area contributed by atoms with Gasteiger partial charge in [-0.1, -0.05) is 12.1 Å². The highest BCUT2D eigenvalue weighted by molar-refractivity contribution is 5.94. The van der Waals surface area contributed by atoms with Crippen LogP contribution in [-0.4, -0.2) is 70.8 Å². The van der Waals surface area contributed by atoms with Gasteiger partial charge in [-0.25, -0.2) is 9.07 Å². The van der Waals surface area contributed by atoms with Crippen LogP contribution in [0.4, 0.5) is 4.39 Å². The Labute approximate surface area is 180 Å². The molecule has 2 fully saturated rings. The van der Waals surface area contributed by atoms with E-state index in [2.05, 4.69) is 5.10 Å². The van der Waals surface area contributed by atoms with Gasteiger partial charge in [0.05, 0.1) is 13.2 Å². The molecule has 0 bridgehead atoms. The predicted molar refractivity (Wildman–Crippen MR) is 112 cm³/mol. The van der Waals surface area contributed by atoms with Crippen LogP contribution in [0.2, 0.25) is 0 Å². The summed E-state index contributed by atoms with van der Waals surface area (Å²) in [6.07, 6.45) is 3.85. The van der Waals surface area contributed by atoms with Gasteiger partial charge in [-0.05, 0) is 44.2 Å². The molecule has 8 heteroatoms. The zero-order chi connectivity index (χ0) is 21.4. The number of carbonyl (C=O) groups is 2. The summed E-state index contributed by atoms with van der Waals surface area (Å²) in [7, 11) is 0. The zero-order valence-electron chi connectivity index (χ0n) is 17.6. The zero-order valence-corrected chi connectivity index (χ0v) is 17.6. The van der Waals surface area contributed by atoms with E-state index in [9.17, 15) is 14.0 Å². The summed E-state index contributed by atoms with van der Waals surface area (Å²) in [5, 5.41) is 4.56. The fourth-order valence-corrected chi connectivity index (χ4v) is 4.95. The molecule has 1 aromatic carbocycles. The van der Waals surface area contributed by atoms with Gasteiger partial charge in [-0.15, -0.1) is 0 Å². The molecule has 0 unspecified atom stereocenters. The van der Waals surface area contributed by atoms with Crippen molar-refractivity contribution in [3.8, 4) is 5.69 Å². The van der Waals surface area contributed by atoms with Crippen molar-refractivity contribution in [2.75, 3.05) is 39.4 Å². The van der Waals surface area contributed by atoms with Crippen LogP contribution in [0, 0.1) is 11.7 Å². The highest BCUT2D eigenvalue weighted by atomic mass is 19.1. The van der Waals surface area contributed by atoms with Crippen LogP contribution in [0.3, 0.4) is 0 Å². The van der Waals surface area contributed by atoms with Gasteiger partial charge in [0, 0.05) is 43.4 Å². The molecule has 31 heavy (non-hydrogen) atoms. The number of benzene rings is 1. The topological polar surface area (TPSA) is 67.7 Å². The van der Waals surface area contributed by atoms with Crippen molar-refractivity contribution in [1.29, 1.82) is 0 Å². The highest BCUT2D eigenvalue weighted by Crippen LogP contribution is 2.30. The first-order valence-electron chi connectivity index (χ1n) is 11.1. The Morgan fingerprint density at radius 1 is 1.00 bits per heavy atom. The second kappa shape index (κ2) is 8.42. The minimum Gasteiger partial charge on any atom is -0.378 e. The third-order valence-electron chi connectivity index (χ3n) is 6.67. The van der Waals surface area contributed by atoms with Crippen LogP contribution in [-0.2, 0) is 22.4 Å². The van der Waals surface area contributed by atoms with Crippen molar-refractivity contribution in [3.63, 3.8) is 0 Å². The van der Waals surface area contributed by atoms with E-state index in [4.69, 9.17) is 4.74 Å². The molecule has 0 spiro atoms. The minimum atomic E-state index is -0.346. The second-order valence-corrected chi connectivity index (χ2v) is 8.49. The summed E-state index contributed by atoms with van der Waals surface area (Å²) in [6.45, 7) is 3.58. The van der Waals surface area contributed by atoms with Gasteiger partial charge in [-0.3, -0.25) is 9.59 Å². The molecular weight excluding hydrogens is 399 g/mol. The van der Waals surface area contributed by atoms with E-state index in [0.717, 1.165) is 30.5 Å². The van der Waals surface area contributed by atoms with Gasteiger partial charge in [0.25, 0.3) is 5.91 Å². The molecule has 3 aliphatic rings. The maximum atomic E-state index is 14.4. The van der Waals surface area contributed by atoms with Crippen molar-refractivity contribution in [2.45, 2.75) is 32.1 Å². The number of hydrogen-bond acceptors (Lipinski definition) is 4. The Morgan fingerprint density at radius 2 is 1.74 bits per heavy atom. The van der Waals surface area contributed by atoms with E-state index in [1.54, 1.807) is 27.8 Å². The number of fused-ring (bicyclic) bond motifs is 1.